The van der Waals surface area contributed by atoms with Crippen molar-refractivity contribution in [2.75, 3.05) is 0 Å². The summed E-state index contributed by atoms with van der Waals surface area (Å²) in [5, 5.41) is 11.0. The predicted molar refractivity (Wildman–Crippen MR) is 77.7 cm³/mol. The third kappa shape index (κ3) is 2.95. The van der Waals surface area contributed by atoms with Gasteiger partial charge < -0.3 is 0 Å². The van der Waals surface area contributed by atoms with E-state index in [9.17, 15) is 14.9 Å². The average Bonchev–Trinajstić information content (AvgIpc) is 3.26. The Morgan fingerprint density at radius 2 is 2.14 bits per heavy atom. The van der Waals surface area contributed by atoms with Crippen LogP contribution in [0, 0.1) is 10.1 Å². The first kappa shape index (κ1) is 13.8. The average molecular weight is 306 g/mol. The molecule has 0 amide bonds. The molecule has 21 heavy (non-hydrogen) atoms. The Labute approximate surface area is 125 Å². The van der Waals surface area contributed by atoms with Crippen molar-refractivity contribution in [3.05, 3.63) is 67.3 Å². The first-order chi connectivity index (χ1) is 10.0. The van der Waals surface area contributed by atoms with E-state index in [0.29, 0.717) is 11.4 Å². The molecule has 1 aromatic heterocycles. The van der Waals surface area contributed by atoms with Gasteiger partial charge in [-0.15, -0.1) is 0 Å². The summed E-state index contributed by atoms with van der Waals surface area (Å²) in [4.78, 5) is 26.7. The van der Waals surface area contributed by atoms with Gasteiger partial charge in [0, 0.05) is 24.1 Å². The van der Waals surface area contributed by atoms with Crippen molar-refractivity contribution in [3.63, 3.8) is 0 Å². The number of nitro groups is 1. The Morgan fingerprint density at radius 3 is 2.81 bits per heavy atom. The van der Waals surface area contributed by atoms with Gasteiger partial charge in [-0.2, -0.15) is 0 Å². The molecule has 3 rings (SSSR count). The van der Waals surface area contributed by atoms with Gasteiger partial charge in [0.2, 0.25) is 0 Å². The van der Waals surface area contributed by atoms with Crippen LogP contribution < -0.4 is 5.56 Å². The normalized spacial score (nSPS) is 14.1. The molecule has 0 unspecified atom stereocenters. The number of non-ortho nitro benzene ring substituents is 1. The van der Waals surface area contributed by atoms with Gasteiger partial charge in [0.25, 0.3) is 11.2 Å². The largest absolute Gasteiger partial charge is 0.292 e. The van der Waals surface area contributed by atoms with E-state index in [4.69, 9.17) is 11.6 Å². The van der Waals surface area contributed by atoms with Crippen LogP contribution in [-0.2, 0) is 6.54 Å². The third-order valence-corrected chi connectivity index (χ3v) is 3.60. The molecule has 1 aromatic carbocycles. The summed E-state index contributed by atoms with van der Waals surface area (Å²) in [7, 11) is 0. The predicted octanol–water partition coefficient (Wildman–Crippen LogP) is 2.73. The molecule has 0 spiro atoms. The fourth-order valence-electron chi connectivity index (χ4n) is 2.26. The highest BCUT2D eigenvalue weighted by Crippen LogP contribution is 2.39. The van der Waals surface area contributed by atoms with Crippen LogP contribution in [0.5, 0.6) is 0 Å². The van der Waals surface area contributed by atoms with E-state index in [1.807, 2.05) is 0 Å². The molecule has 0 atom stereocenters. The lowest BCUT2D eigenvalue weighted by molar-refractivity contribution is -0.384. The van der Waals surface area contributed by atoms with Gasteiger partial charge in [0.1, 0.15) is 11.0 Å². The maximum Gasteiger partial charge on any atom is 0.269 e. The van der Waals surface area contributed by atoms with Crippen LogP contribution in [0.15, 0.2) is 35.1 Å². The molecule has 1 aliphatic carbocycles. The van der Waals surface area contributed by atoms with E-state index in [1.54, 1.807) is 16.7 Å². The molecule has 0 saturated heterocycles. The maximum absolute atomic E-state index is 12.1. The lowest BCUT2D eigenvalue weighted by Gasteiger charge is -2.11. The van der Waals surface area contributed by atoms with E-state index in [2.05, 4.69) is 4.98 Å². The van der Waals surface area contributed by atoms with Gasteiger partial charge in [-0.1, -0.05) is 23.7 Å². The standard InChI is InChI=1S/C14H12ClN3O3/c15-12-7-13(19)17(14(16-12)10-4-5-10)8-9-2-1-3-11(6-9)18(20)21/h1-3,6-7,10H,4-5,8H2. The van der Waals surface area contributed by atoms with Crippen LogP contribution in [0.4, 0.5) is 5.69 Å². The monoisotopic (exact) mass is 305 g/mol. The second-order valence-electron chi connectivity index (χ2n) is 5.06. The second-order valence-corrected chi connectivity index (χ2v) is 5.45. The lowest BCUT2D eigenvalue weighted by Crippen LogP contribution is -2.24. The van der Waals surface area contributed by atoms with Crippen LogP contribution in [0.1, 0.15) is 30.1 Å². The van der Waals surface area contributed by atoms with Gasteiger partial charge in [0.15, 0.2) is 0 Å². The molecule has 1 saturated carbocycles. The molecule has 1 aliphatic rings. The van der Waals surface area contributed by atoms with E-state index in [1.165, 1.54) is 18.2 Å². The summed E-state index contributed by atoms with van der Waals surface area (Å²) >= 11 is 5.85. The second kappa shape index (κ2) is 5.29. The van der Waals surface area contributed by atoms with Crippen LogP contribution in [0.25, 0.3) is 0 Å². The van der Waals surface area contributed by atoms with Crippen molar-refractivity contribution in [2.24, 2.45) is 0 Å². The maximum atomic E-state index is 12.1. The van der Waals surface area contributed by atoms with Crippen molar-refractivity contribution in [2.45, 2.75) is 25.3 Å². The molecular weight excluding hydrogens is 294 g/mol. The minimum absolute atomic E-state index is 0.00967. The molecular formula is C14H12ClN3O3. The molecule has 6 nitrogen and oxygen atoms in total. The number of aromatic nitrogens is 2. The Balaban J connectivity index is 2.00. The summed E-state index contributed by atoms with van der Waals surface area (Å²) in [5.74, 6) is 0.925. The van der Waals surface area contributed by atoms with Gasteiger partial charge in [-0.05, 0) is 18.4 Å². The Morgan fingerprint density at radius 1 is 1.38 bits per heavy atom. The van der Waals surface area contributed by atoms with Crippen molar-refractivity contribution in [1.29, 1.82) is 0 Å². The molecule has 0 aliphatic heterocycles. The Bertz CT molecular complexity index is 768. The van der Waals surface area contributed by atoms with Crippen molar-refractivity contribution < 1.29 is 4.92 Å². The van der Waals surface area contributed by atoms with Crippen LogP contribution in [0.2, 0.25) is 5.15 Å². The molecule has 1 heterocycles. The number of hydrogen-bond acceptors (Lipinski definition) is 4. The summed E-state index contributed by atoms with van der Waals surface area (Å²) in [6.45, 7) is 0.260. The van der Waals surface area contributed by atoms with Crippen molar-refractivity contribution >= 4 is 17.3 Å². The highest BCUT2D eigenvalue weighted by molar-refractivity contribution is 6.29. The zero-order chi connectivity index (χ0) is 15.0. The van der Waals surface area contributed by atoms with Gasteiger partial charge in [-0.3, -0.25) is 19.5 Å². The zero-order valence-electron chi connectivity index (χ0n) is 11.0. The van der Waals surface area contributed by atoms with E-state index in [-0.39, 0.29) is 28.9 Å². The van der Waals surface area contributed by atoms with E-state index >= 15 is 0 Å². The zero-order valence-corrected chi connectivity index (χ0v) is 11.8. The highest BCUT2D eigenvalue weighted by Gasteiger charge is 2.29. The van der Waals surface area contributed by atoms with E-state index < -0.39 is 4.92 Å². The third-order valence-electron chi connectivity index (χ3n) is 3.41. The number of rotatable bonds is 4. The summed E-state index contributed by atoms with van der Waals surface area (Å²) in [5.41, 5.74) is 0.469. The fraction of sp³-hybridized carbons (Fsp3) is 0.286. The molecule has 7 heteroatoms. The van der Waals surface area contributed by atoms with Gasteiger partial charge in [-0.25, -0.2) is 4.98 Å². The Hall–Kier alpha value is -2.21. The molecule has 108 valence electrons. The number of halogens is 1. The van der Waals surface area contributed by atoms with Gasteiger partial charge in [0.05, 0.1) is 11.5 Å². The SMILES string of the molecule is O=c1cc(Cl)nc(C2CC2)n1Cc1cccc([N+](=O)[O-])c1. The Kier molecular flexibility index (Phi) is 3.47. The number of nitro benzene ring substituents is 1. The lowest BCUT2D eigenvalue weighted by atomic mass is 10.2. The van der Waals surface area contributed by atoms with Crippen molar-refractivity contribution in [1.82, 2.24) is 9.55 Å². The first-order valence-corrected chi connectivity index (χ1v) is 6.93. The molecule has 0 N–H and O–H groups in total. The summed E-state index contributed by atoms with van der Waals surface area (Å²) < 4.78 is 1.54. The molecule has 2 aromatic rings. The van der Waals surface area contributed by atoms with Crippen molar-refractivity contribution in [3.8, 4) is 0 Å². The summed E-state index contributed by atoms with van der Waals surface area (Å²) in [6.07, 6.45) is 1.98. The van der Waals surface area contributed by atoms with Gasteiger partial charge >= 0.3 is 0 Å². The highest BCUT2D eigenvalue weighted by atomic mass is 35.5. The van der Waals surface area contributed by atoms with Crippen LogP contribution in [-0.4, -0.2) is 14.5 Å². The molecule has 1 fully saturated rings. The van der Waals surface area contributed by atoms with E-state index in [0.717, 1.165) is 12.8 Å². The minimum Gasteiger partial charge on any atom is -0.292 e. The minimum atomic E-state index is -0.450. The number of nitrogens with zero attached hydrogens (tertiary/aromatic N) is 3. The molecule has 0 bridgehead atoms. The van der Waals surface area contributed by atoms with Crippen LogP contribution in [0.3, 0.4) is 0 Å². The smallest absolute Gasteiger partial charge is 0.269 e. The fourth-order valence-corrected chi connectivity index (χ4v) is 2.44. The van der Waals surface area contributed by atoms with Crippen LogP contribution >= 0.6 is 11.6 Å². The topological polar surface area (TPSA) is 78.0 Å². The number of benzene rings is 1. The molecule has 0 radical (unpaired) electrons. The first-order valence-electron chi connectivity index (χ1n) is 6.55. The summed E-state index contributed by atoms with van der Waals surface area (Å²) in [6, 6.07) is 7.53. The quantitative estimate of drug-likeness (QED) is 0.494. The number of hydrogen-bond donors (Lipinski definition) is 0.